The Hall–Kier alpha value is -3.71. The van der Waals surface area contributed by atoms with Gasteiger partial charge in [-0.25, -0.2) is 0 Å². The topological polar surface area (TPSA) is 152 Å². The van der Waals surface area contributed by atoms with E-state index in [0.29, 0.717) is 40.5 Å². The van der Waals surface area contributed by atoms with E-state index < -0.39 is 18.8 Å². The van der Waals surface area contributed by atoms with Gasteiger partial charge in [0.2, 0.25) is 5.82 Å². The van der Waals surface area contributed by atoms with Crippen molar-refractivity contribution in [2.24, 2.45) is 5.73 Å². The first kappa shape index (κ1) is 20.6. The average Bonchev–Trinajstić information content (AvgIpc) is 3.46. The largest absolute Gasteiger partial charge is 0.492 e. The van der Waals surface area contributed by atoms with E-state index in [2.05, 4.69) is 16.2 Å². The molecule has 0 saturated heterocycles. The second kappa shape index (κ2) is 8.20. The summed E-state index contributed by atoms with van der Waals surface area (Å²) in [6, 6.07) is 14.2. The highest BCUT2D eigenvalue weighted by atomic mass is 16.5. The van der Waals surface area contributed by atoms with E-state index in [4.69, 9.17) is 19.4 Å². The van der Waals surface area contributed by atoms with Crippen LogP contribution >= 0.6 is 0 Å². The van der Waals surface area contributed by atoms with Gasteiger partial charge in [0, 0.05) is 16.5 Å². The molecule has 4 rings (SSSR count). The Labute approximate surface area is 177 Å². The normalized spacial score (nSPS) is 11.6. The highest BCUT2D eigenvalue weighted by molar-refractivity contribution is 5.83. The molecule has 0 fully saturated rings. The molecule has 0 amide bonds. The number of fused-ring (bicyclic) bond motifs is 1. The Balaban J connectivity index is 1.67. The van der Waals surface area contributed by atoms with Crippen LogP contribution < -0.4 is 10.5 Å². The highest BCUT2D eigenvalue weighted by Crippen LogP contribution is 2.31. The second-order valence-electron chi connectivity index (χ2n) is 7.01. The predicted molar refractivity (Wildman–Crippen MR) is 111 cm³/mol. The van der Waals surface area contributed by atoms with E-state index in [0.717, 1.165) is 5.39 Å². The van der Waals surface area contributed by atoms with Crippen LogP contribution in [-0.2, 0) is 5.54 Å². The summed E-state index contributed by atoms with van der Waals surface area (Å²) in [6.07, 6.45) is 0. The Bertz CT molecular complexity index is 1270. The molecule has 0 aliphatic heterocycles. The SMILES string of the molecule is CCOc1ccc(-c2nc(-c3ccc4cc(C(N)(CO)CO)oc4c3)no2)cc1C#N. The summed E-state index contributed by atoms with van der Waals surface area (Å²) in [5, 5.41) is 33.1. The van der Waals surface area contributed by atoms with Gasteiger partial charge in [-0.2, -0.15) is 10.2 Å². The lowest BCUT2D eigenvalue weighted by molar-refractivity contribution is 0.105. The van der Waals surface area contributed by atoms with Gasteiger partial charge in [-0.05, 0) is 37.3 Å². The number of nitriles is 1. The Kier molecular flexibility index (Phi) is 5.44. The summed E-state index contributed by atoms with van der Waals surface area (Å²) in [7, 11) is 0. The molecular weight excluding hydrogens is 400 g/mol. The summed E-state index contributed by atoms with van der Waals surface area (Å²) in [6.45, 7) is 1.38. The van der Waals surface area contributed by atoms with Crippen LogP contribution in [0.2, 0.25) is 0 Å². The maximum atomic E-state index is 9.49. The third-order valence-electron chi connectivity index (χ3n) is 4.91. The molecule has 2 heterocycles. The molecule has 0 aliphatic rings. The molecule has 0 bridgehead atoms. The van der Waals surface area contributed by atoms with Crippen molar-refractivity contribution in [3.05, 3.63) is 53.8 Å². The minimum absolute atomic E-state index is 0.260. The number of ether oxygens (including phenoxy) is 1. The fourth-order valence-corrected chi connectivity index (χ4v) is 3.11. The van der Waals surface area contributed by atoms with Crippen LogP contribution in [0.5, 0.6) is 5.75 Å². The second-order valence-corrected chi connectivity index (χ2v) is 7.01. The van der Waals surface area contributed by atoms with Crippen LogP contribution in [0, 0.1) is 11.3 Å². The van der Waals surface area contributed by atoms with Gasteiger partial charge in [0.15, 0.2) is 0 Å². The summed E-state index contributed by atoms with van der Waals surface area (Å²) < 4.78 is 16.6. The van der Waals surface area contributed by atoms with Gasteiger partial charge in [0.25, 0.3) is 5.89 Å². The molecule has 0 unspecified atom stereocenters. The molecule has 9 heteroatoms. The zero-order valence-electron chi connectivity index (χ0n) is 16.7. The fourth-order valence-electron chi connectivity index (χ4n) is 3.11. The van der Waals surface area contributed by atoms with Crippen LogP contribution in [0.15, 0.2) is 51.4 Å². The van der Waals surface area contributed by atoms with Crippen molar-refractivity contribution in [2.45, 2.75) is 12.5 Å². The molecule has 0 radical (unpaired) electrons. The lowest BCUT2D eigenvalue weighted by Gasteiger charge is -2.21. The van der Waals surface area contributed by atoms with Gasteiger partial charge in [0.1, 0.15) is 28.7 Å². The van der Waals surface area contributed by atoms with Crippen LogP contribution in [0.4, 0.5) is 0 Å². The number of nitrogens with zero attached hydrogens (tertiary/aromatic N) is 3. The number of rotatable bonds is 7. The quantitative estimate of drug-likeness (QED) is 0.409. The van der Waals surface area contributed by atoms with Gasteiger partial charge in [-0.1, -0.05) is 17.3 Å². The minimum Gasteiger partial charge on any atom is -0.492 e. The van der Waals surface area contributed by atoms with E-state index in [1.54, 1.807) is 42.5 Å². The molecule has 2 aromatic heterocycles. The van der Waals surface area contributed by atoms with Crippen molar-refractivity contribution < 1.29 is 23.9 Å². The third-order valence-corrected chi connectivity index (χ3v) is 4.91. The van der Waals surface area contributed by atoms with Gasteiger partial charge in [0.05, 0.1) is 25.4 Å². The Morgan fingerprint density at radius 3 is 2.61 bits per heavy atom. The molecule has 4 N–H and O–H groups in total. The molecule has 0 saturated carbocycles. The van der Waals surface area contributed by atoms with E-state index in [1.807, 2.05) is 6.92 Å². The summed E-state index contributed by atoms with van der Waals surface area (Å²) >= 11 is 0. The Morgan fingerprint density at radius 1 is 1.13 bits per heavy atom. The summed E-state index contributed by atoms with van der Waals surface area (Å²) in [5.41, 5.74) is 6.74. The van der Waals surface area contributed by atoms with E-state index in [9.17, 15) is 15.5 Å². The highest BCUT2D eigenvalue weighted by Gasteiger charge is 2.30. The van der Waals surface area contributed by atoms with Crippen molar-refractivity contribution in [1.82, 2.24) is 10.1 Å². The van der Waals surface area contributed by atoms with Crippen LogP contribution in [0.25, 0.3) is 33.8 Å². The minimum atomic E-state index is -1.37. The first-order valence-electron chi connectivity index (χ1n) is 9.57. The molecule has 0 spiro atoms. The lowest BCUT2D eigenvalue weighted by Crippen LogP contribution is -2.43. The van der Waals surface area contributed by atoms with Crippen LogP contribution in [0.1, 0.15) is 18.2 Å². The number of hydrogen-bond acceptors (Lipinski definition) is 9. The fraction of sp³-hybridized carbons (Fsp3) is 0.227. The van der Waals surface area contributed by atoms with Gasteiger partial charge >= 0.3 is 0 Å². The predicted octanol–water partition coefficient (Wildman–Crippen LogP) is 2.56. The monoisotopic (exact) mass is 420 g/mol. The van der Waals surface area contributed by atoms with Crippen molar-refractivity contribution in [3.63, 3.8) is 0 Å². The molecule has 2 aromatic carbocycles. The molecule has 31 heavy (non-hydrogen) atoms. The van der Waals surface area contributed by atoms with Crippen LogP contribution in [0.3, 0.4) is 0 Å². The van der Waals surface area contributed by atoms with Crippen molar-refractivity contribution in [1.29, 1.82) is 5.26 Å². The van der Waals surface area contributed by atoms with Crippen molar-refractivity contribution >= 4 is 11.0 Å². The molecule has 158 valence electrons. The molecule has 9 nitrogen and oxygen atoms in total. The van der Waals surface area contributed by atoms with E-state index in [-0.39, 0.29) is 11.7 Å². The third kappa shape index (κ3) is 3.75. The molecule has 0 atom stereocenters. The zero-order valence-corrected chi connectivity index (χ0v) is 16.7. The van der Waals surface area contributed by atoms with Crippen molar-refractivity contribution in [2.75, 3.05) is 19.8 Å². The maximum Gasteiger partial charge on any atom is 0.258 e. The number of aromatic nitrogens is 2. The van der Waals surface area contributed by atoms with Gasteiger partial charge in [-0.15, -0.1) is 0 Å². The standard InChI is InChI=1S/C22H20N4O5/c1-2-29-17-6-5-15(7-16(17)10-23)21-25-20(26-31-21)14-4-3-13-9-19(30-18(13)8-14)22(24,11-27)12-28/h3-9,27-28H,2,11-12,24H2,1H3. The Morgan fingerprint density at radius 2 is 1.90 bits per heavy atom. The van der Waals surface area contributed by atoms with Gasteiger partial charge in [-0.3, -0.25) is 0 Å². The lowest BCUT2D eigenvalue weighted by atomic mass is 10.00. The van der Waals surface area contributed by atoms with Crippen molar-refractivity contribution in [3.8, 4) is 34.7 Å². The first-order valence-corrected chi connectivity index (χ1v) is 9.57. The first-order chi connectivity index (χ1) is 15.0. The number of aliphatic hydroxyl groups excluding tert-OH is 2. The van der Waals surface area contributed by atoms with Gasteiger partial charge < -0.3 is 29.6 Å². The summed E-state index contributed by atoms with van der Waals surface area (Å²) in [4.78, 5) is 4.42. The number of nitrogens with two attached hydrogens (primary N) is 1. The molecular formula is C22H20N4O5. The smallest absolute Gasteiger partial charge is 0.258 e. The zero-order chi connectivity index (χ0) is 22.0. The van der Waals surface area contributed by atoms with E-state index in [1.165, 1.54) is 0 Å². The summed E-state index contributed by atoms with van der Waals surface area (Å²) in [5.74, 6) is 1.37. The van der Waals surface area contributed by atoms with E-state index >= 15 is 0 Å². The molecule has 0 aliphatic carbocycles. The van der Waals surface area contributed by atoms with Crippen LogP contribution in [-0.4, -0.2) is 40.2 Å². The number of hydrogen-bond donors (Lipinski definition) is 3. The molecule has 4 aromatic rings. The number of benzene rings is 2. The maximum absolute atomic E-state index is 9.49. The number of aliphatic hydroxyl groups is 2. The number of furan rings is 1. The average molecular weight is 420 g/mol.